The summed E-state index contributed by atoms with van der Waals surface area (Å²) >= 11 is 0. The molecule has 19 heavy (non-hydrogen) atoms. The highest BCUT2D eigenvalue weighted by molar-refractivity contribution is 5.82. The summed E-state index contributed by atoms with van der Waals surface area (Å²) < 4.78 is 13.7. The van der Waals surface area contributed by atoms with E-state index >= 15 is 0 Å². The van der Waals surface area contributed by atoms with Crippen molar-refractivity contribution in [3.05, 3.63) is 30.1 Å². The van der Waals surface area contributed by atoms with Gasteiger partial charge in [-0.25, -0.2) is 4.39 Å². The number of para-hydroxylation sites is 1. The van der Waals surface area contributed by atoms with Gasteiger partial charge in [-0.2, -0.15) is 0 Å². The summed E-state index contributed by atoms with van der Waals surface area (Å²) in [6.07, 6.45) is 1.71. The Kier molecular flexibility index (Phi) is 5.33. The molecule has 0 saturated carbocycles. The van der Waals surface area contributed by atoms with Gasteiger partial charge in [-0.3, -0.25) is 5.41 Å². The van der Waals surface area contributed by atoms with E-state index in [9.17, 15) is 4.39 Å². The fourth-order valence-electron chi connectivity index (χ4n) is 2.00. The Labute approximate surface area is 115 Å². The van der Waals surface area contributed by atoms with Crippen LogP contribution in [-0.4, -0.2) is 18.9 Å². The summed E-state index contributed by atoms with van der Waals surface area (Å²) in [5.41, 5.74) is 5.93. The van der Waals surface area contributed by atoms with Crippen molar-refractivity contribution in [3.8, 4) is 0 Å². The summed E-state index contributed by atoms with van der Waals surface area (Å²) in [5.74, 6) is 0.0246. The van der Waals surface area contributed by atoms with Crippen molar-refractivity contribution in [2.24, 2.45) is 11.1 Å². The summed E-state index contributed by atoms with van der Waals surface area (Å²) in [7, 11) is 0. The van der Waals surface area contributed by atoms with Crippen LogP contribution in [0.25, 0.3) is 0 Å². The number of nitrogens with one attached hydrogen (secondary N) is 1. The number of hydrogen-bond donors (Lipinski definition) is 2. The number of nitrogens with zero attached hydrogens (tertiary/aromatic N) is 1. The highest BCUT2D eigenvalue weighted by Gasteiger charge is 2.21. The second kappa shape index (κ2) is 6.55. The summed E-state index contributed by atoms with van der Waals surface area (Å²) in [6.45, 7) is 7.49. The number of benzene rings is 1. The highest BCUT2D eigenvalue weighted by Crippen LogP contribution is 2.24. The van der Waals surface area contributed by atoms with Crippen molar-refractivity contribution >= 4 is 11.5 Å². The maximum atomic E-state index is 13.7. The Bertz CT molecular complexity index is 429. The van der Waals surface area contributed by atoms with Crippen LogP contribution in [0.3, 0.4) is 0 Å². The Morgan fingerprint density at radius 1 is 1.37 bits per heavy atom. The average Bonchev–Trinajstić information content (AvgIpc) is 2.35. The highest BCUT2D eigenvalue weighted by atomic mass is 19.1. The number of amidine groups is 1. The van der Waals surface area contributed by atoms with Crippen LogP contribution in [0.2, 0.25) is 0 Å². The molecule has 0 saturated heterocycles. The molecule has 1 rings (SSSR count). The molecule has 0 aromatic heterocycles. The molecular formula is C15H24FN3. The maximum Gasteiger partial charge on any atom is 0.146 e. The summed E-state index contributed by atoms with van der Waals surface area (Å²) in [6, 6.07) is 6.83. The molecule has 0 aliphatic carbocycles. The Morgan fingerprint density at radius 2 is 2.00 bits per heavy atom. The van der Waals surface area contributed by atoms with Gasteiger partial charge in [0.25, 0.3) is 0 Å². The SMILES string of the molecule is CCN(CCCC(C)(C)C(=N)N)c1ccccc1F. The van der Waals surface area contributed by atoms with Crippen LogP contribution >= 0.6 is 0 Å². The van der Waals surface area contributed by atoms with E-state index in [0.717, 1.165) is 25.9 Å². The molecule has 0 radical (unpaired) electrons. The summed E-state index contributed by atoms with van der Waals surface area (Å²) in [4.78, 5) is 2.02. The standard InChI is InChI=1S/C15H24FN3/c1-4-19(13-9-6-5-8-12(13)16)11-7-10-15(2,3)14(17)18/h5-6,8-9H,4,7,10-11H2,1-3H3,(H3,17,18). The topological polar surface area (TPSA) is 53.1 Å². The number of halogens is 1. The Hall–Kier alpha value is -1.58. The van der Waals surface area contributed by atoms with Crippen molar-refractivity contribution in [2.45, 2.75) is 33.6 Å². The van der Waals surface area contributed by atoms with Crippen LogP contribution in [0.5, 0.6) is 0 Å². The molecule has 0 aliphatic heterocycles. The molecule has 0 atom stereocenters. The van der Waals surface area contributed by atoms with Gasteiger partial charge in [0.1, 0.15) is 5.82 Å². The lowest BCUT2D eigenvalue weighted by Crippen LogP contribution is -2.32. The normalized spacial score (nSPS) is 11.4. The van der Waals surface area contributed by atoms with Gasteiger partial charge in [0, 0.05) is 18.5 Å². The first-order chi connectivity index (χ1) is 8.88. The first-order valence-corrected chi connectivity index (χ1v) is 6.72. The zero-order chi connectivity index (χ0) is 14.5. The third-order valence-electron chi connectivity index (χ3n) is 3.53. The first-order valence-electron chi connectivity index (χ1n) is 6.72. The quantitative estimate of drug-likeness (QED) is 0.586. The molecule has 0 spiro atoms. The van der Waals surface area contributed by atoms with Crippen molar-refractivity contribution in [3.63, 3.8) is 0 Å². The third-order valence-corrected chi connectivity index (χ3v) is 3.53. The summed E-state index contributed by atoms with van der Waals surface area (Å²) in [5, 5.41) is 7.53. The van der Waals surface area contributed by atoms with Crippen molar-refractivity contribution < 1.29 is 4.39 Å². The predicted molar refractivity (Wildman–Crippen MR) is 79.2 cm³/mol. The molecule has 3 nitrogen and oxygen atoms in total. The molecular weight excluding hydrogens is 241 g/mol. The van der Waals surface area contributed by atoms with Gasteiger partial charge in [-0.15, -0.1) is 0 Å². The fourth-order valence-corrected chi connectivity index (χ4v) is 2.00. The monoisotopic (exact) mass is 265 g/mol. The van der Waals surface area contributed by atoms with Gasteiger partial charge in [-0.1, -0.05) is 26.0 Å². The van der Waals surface area contributed by atoms with Gasteiger partial charge in [0.15, 0.2) is 0 Å². The minimum absolute atomic E-state index is 0.185. The largest absolute Gasteiger partial charge is 0.387 e. The van der Waals surface area contributed by atoms with E-state index in [0.29, 0.717) is 5.69 Å². The molecule has 0 heterocycles. The van der Waals surface area contributed by atoms with E-state index in [-0.39, 0.29) is 17.1 Å². The fraction of sp³-hybridized carbons (Fsp3) is 0.533. The van der Waals surface area contributed by atoms with Crippen molar-refractivity contribution in [1.29, 1.82) is 5.41 Å². The molecule has 1 aromatic rings. The van der Waals surface area contributed by atoms with E-state index in [1.54, 1.807) is 12.1 Å². The van der Waals surface area contributed by atoms with E-state index < -0.39 is 0 Å². The molecule has 3 N–H and O–H groups in total. The van der Waals surface area contributed by atoms with Crippen LogP contribution in [0.4, 0.5) is 10.1 Å². The smallest absolute Gasteiger partial charge is 0.146 e. The minimum atomic E-state index is -0.283. The van der Waals surface area contributed by atoms with Crippen LogP contribution in [0.1, 0.15) is 33.6 Å². The van der Waals surface area contributed by atoms with E-state index in [4.69, 9.17) is 11.1 Å². The first kappa shape index (κ1) is 15.5. The molecule has 1 aromatic carbocycles. The number of hydrogen-bond acceptors (Lipinski definition) is 2. The third kappa shape index (κ3) is 4.23. The van der Waals surface area contributed by atoms with Gasteiger partial charge in [0.05, 0.1) is 11.5 Å². The van der Waals surface area contributed by atoms with E-state index in [1.165, 1.54) is 6.07 Å². The number of nitrogens with two attached hydrogens (primary N) is 1. The number of rotatable bonds is 7. The lowest BCUT2D eigenvalue weighted by atomic mass is 9.86. The molecule has 0 aliphatic rings. The maximum absolute atomic E-state index is 13.7. The van der Waals surface area contributed by atoms with Crippen molar-refractivity contribution in [1.82, 2.24) is 0 Å². The van der Waals surface area contributed by atoms with Crippen LogP contribution in [-0.2, 0) is 0 Å². The molecule has 106 valence electrons. The van der Waals surface area contributed by atoms with Gasteiger partial charge < -0.3 is 10.6 Å². The average molecular weight is 265 g/mol. The molecule has 4 heteroatoms. The van der Waals surface area contributed by atoms with Crippen LogP contribution in [0, 0.1) is 16.6 Å². The zero-order valence-corrected chi connectivity index (χ0v) is 12.0. The van der Waals surface area contributed by atoms with E-state index in [1.807, 2.05) is 31.7 Å². The molecule has 0 fully saturated rings. The molecule has 0 amide bonds. The second-order valence-electron chi connectivity index (χ2n) is 5.43. The van der Waals surface area contributed by atoms with E-state index in [2.05, 4.69) is 0 Å². The number of anilines is 1. The van der Waals surface area contributed by atoms with Crippen LogP contribution < -0.4 is 10.6 Å². The Morgan fingerprint density at radius 3 is 2.53 bits per heavy atom. The minimum Gasteiger partial charge on any atom is -0.387 e. The molecule has 0 unspecified atom stereocenters. The van der Waals surface area contributed by atoms with Crippen LogP contribution in [0.15, 0.2) is 24.3 Å². The second-order valence-corrected chi connectivity index (χ2v) is 5.43. The van der Waals surface area contributed by atoms with Gasteiger partial charge >= 0.3 is 0 Å². The Balaban J connectivity index is 2.60. The van der Waals surface area contributed by atoms with Gasteiger partial charge in [0.2, 0.25) is 0 Å². The van der Waals surface area contributed by atoms with Gasteiger partial charge in [-0.05, 0) is 31.9 Å². The predicted octanol–water partition coefficient (Wildman–Crippen LogP) is 3.39. The van der Waals surface area contributed by atoms with Crippen molar-refractivity contribution in [2.75, 3.05) is 18.0 Å². The lowest BCUT2D eigenvalue weighted by Gasteiger charge is -2.27. The zero-order valence-electron chi connectivity index (χ0n) is 12.0. The molecule has 0 bridgehead atoms. The lowest BCUT2D eigenvalue weighted by molar-refractivity contribution is 0.449.